The van der Waals surface area contributed by atoms with E-state index in [4.69, 9.17) is 11.6 Å². The number of imidazole rings is 1. The standard InChI is InChI=1S/C17H19ClN4S/c18-13-4-5-19-14-10-16(23-17(13)14)15-11-22(12-20-15)9-8-21-6-2-1-3-7-21/h4-5,10-12H,1-3,6-9H2. The molecular weight excluding hydrogens is 328 g/mol. The van der Waals surface area contributed by atoms with Crippen LogP contribution in [0, 0.1) is 0 Å². The van der Waals surface area contributed by atoms with Crippen LogP contribution in [0.4, 0.5) is 0 Å². The van der Waals surface area contributed by atoms with Crippen molar-refractivity contribution in [3.8, 4) is 10.6 Å². The maximum atomic E-state index is 6.24. The monoisotopic (exact) mass is 346 g/mol. The van der Waals surface area contributed by atoms with Crippen molar-refractivity contribution in [1.82, 2.24) is 19.4 Å². The van der Waals surface area contributed by atoms with E-state index in [-0.39, 0.29) is 0 Å². The van der Waals surface area contributed by atoms with Gasteiger partial charge in [-0.1, -0.05) is 18.0 Å². The predicted octanol–water partition coefficient (Wildman–Crippen LogP) is 4.30. The maximum absolute atomic E-state index is 6.24. The number of aromatic nitrogens is 3. The summed E-state index contributed by atoms with van der Waals surface area (Å²) in [7, 11) is 0. The quantitative estimate of drug-likeness (QED) is 0.706. The van der Waals surface area contributed by atoms with Crippen molar-refractivity contribution in [3.63, 3.8) is 0 Å². The Labute approximate surface area is 144 Å². The SMILES string of the molecule is Clc1ccnc2cc(-c3cn(CCN4CCCCC4)cn3)sc12. The first-order chi connectivity index (χ1) is 11.3. The molecule has 1 saturated heterocycles. The van der Waals surface area contributed by atoms with E-state index in [2.05, 4.69) is 31.7 Å². The van der Waals surface area contributed by atoms with Crippen molar-refractivity contribution in [3.05, 3.63) is 35.9 Å². The van der Waals surface area contributed by atoms with E-state index in [1.165, 1.54) is 32.4 Å². The highest BCUT2D eigenvalue weighted by molar-refractivity contribution is 7.22. The molecule has 0 unspecified atom stereocenters. The summed E-state index contributed by atoms with van der Waals surface area (Å²) < 4.78 is 3.22. The molecule has 0 atom stereocenters. The molecule has 0 N–H and O–H groups in total. The summed E-state index contributed by atoms with van der Waals surface area (Å²) in [6, 6.07) is 3.91. The van der Waals surface area contributed by atoms with E-state index in [0.717, 1.165) is 38.9 Å². The Morgan fingerprint density at radius 3 is 2.83 bits per heavy atom. The van der Waals surface area contributed by atoms with Crippen molar-refractivity contribution >= 4 is 33.2 Å². The molecule has 0 radical (unpaired) electrons. The van der Waals surface area contributed by atoms with E-state index >= 15 is 0 Å². The van der Waals surface area contributed by atoms with Gasteiger partial charge in [-0.25, -0.2) is 4.98 Å². The lowest BCUT2D eigenvalue weighted by Crippen LogP contribution is -2.32. The molecule has 3 aromatic rings. The molecule has 4 nitrogen and oxygen atoms in total. The predicted molar refractivity (Wildman–Crippen MR) is 96.1 cm³/mol. The third-order valence-corrected chi connectivity index (χ3v) is 5.98. The first-order valence-corrected chi connectivity index (χ1v) is 9.27. The minimum absolute atomic E-state index is 0.760. The Bertz CT molecular complexity index is 804. The maximum Gasteiger partial charge on any atom is 0.0982 e. The fourth-order valence-corrected chi connectivity index (χ4v) is 4.33. The van der Waals surface area contributed by atoms with Crippen LogP contribution in [-0.4, -0.2) is 39.1 Å². The largest absolute Gasteiger partial charge is 0.336 e. The molecule has 4 heterocycles. The number of hydrogen-bond acceptors (Lipinski definition) is 4. The molecule has 0 amide bonds. The lowest BCUT2D eigenvalue weighted by atomic mass is 10.1. The third kappa shape index (κ3) is 3.27. The van der Waals surface area contributed by atoms with Gasteiger partial charge in [-0.2, -0.15) is 0 Å². The van der Waals surface area contributed by atoms with Gasteiger partial charge < -0.3 is 9.47 Å². The van der Waals surface area contributed by atoms with Crippen LogP contribution in [0.5, 0.6) is 0 Å². The van der Waals surface area contributed by atoms with Crippen molar-refractivity contribution in [2.24, 2.45) is 0 Å². The summed E-state index contributed by atoms with van der Waals surface area (Å²) in [5.74, 6) is 0. The van der Waals surface area contributed by atoms with Crippen molar-refractivity contribution < 1.29 is 0 Å². The number of rotatable bonds is 4. The van der Waals surface area contributed by atoms with E-state index in [9.17, 15) is 0 Å². The molecule has 1 fully saturated rings. The van der Waals surface area contributed by atoms with E-state index in [1.807, 2.05) is 12.4 Å². The zero-order valence-electron chi connectivity index (χ0n) is 12.9. The lowest BCUT2D eigenvalue weighted by molar-refractivity contribution is 0.221. The van der Waals surface area contributed by atoms with Gasteiger partial charge >= 0.3 is 0 Å². The van der Waals surface area contributed by atoms with E-state index in [1.54, 1.807) is 17.5 Å². The topological polar surface area (TPSA) is 34.0 Å². The second kappa shape index (κ2) is 6.59. The number of thiophene rings is 1. The highest BCUT2D eigenvalue weighted by Gasteiger charge is 2.12. The van der Waals surface area contributed by atoms with Gasteiger partial charge in [-0.15, -0.1) is 11.3 Å². The first-order valence-electron chi connectivity index (χ1n) is 8.08. The van der Waals surface area contributed by atoms with Gasteiger partial charge in [-0.05, 0) is 38.1 Å². The van der Waals surface area contributed by atoms with Crippen molar-refractivity contribution in [2.75, 3.05) is 19.6 Å². The number of likely N-dealkylation sites (tertiary alicyclic amines) is 1. The van der Waals surface area contributed by atoms with E-state index in [0.29, 0.717) is 0 Å². The molecule has 6 heteroatoms. The smallest absolute Gasteiger partial charge is 0.0982 e. The fourth-order valence-electron chi connectivity index (χ4n) is 3.08. The zero-order valence-corrected chi connectivity index (χ0v) is 14.5. The van der Waals surface area contributed by atoms with Crippen LogP contribution in [0.25, 0.3) is 20.8 Å². The summed E-state index contributed by atoms with van der Waals surface area (Å²) in [5.41, 5.74) is 1.95. The van der Waals surface area contributed by atoms with Gasteiger partial charge in [0.2, 0.25) is 0 Å². The van der Waals surface area contributed by atoms with Crippen molar-refractivity contribution in [2.45, 2.75) is 25.8 Å². The number of halogens is 1. The van der Waals surface area contributed by atoms with E-state index < -0.39 is 0 Å². The number of hydrogen-bond donors (Lipinski definition) is 0. The molecule has 0 aliphatic carbocycles. The normalized spacial score (nSPS) is 16.2. The average Bonchev–Trinajstić information content (AvgIpc) is 3.21. The Morgan fingerprint density at radius 1 is 1.13 bits per heavy atom. The summed E-state index contributed by atoms with van der Waals surface area (Å²) in [6.45, 7) is 4.58. The minimum Gasteiger partial charge on any atom is -0.336 e. The number of pyridine rings is 1. The van der Waals surface area contributed by atoms with Crippen LogP contribution >= 0.6 is 22.9 Å². The van der Waals surface area contributed by atoms with Crippen LogP contribution < -0.4 is 0 Å². The Hall–Kier alpha value is -1.43. The molecule has 0 bridgehead atoms. The summed E-state index contributed by atoms with van der Waals surface area (Å²) in [5, 5.41) is 0.760. The molecule has 0 saturated carbocycles. The first kappa shape index (κ1) is 15.1. The van der Waals surface area contributed by atoms with Crippen LogP contribution in [0.2, 0.25) is 5.02 Å². The molecule has 0 aromatic carbocycles. The van der Waals surface area contributed by atoms with Gasteiger partial charge in [0.15, 0.2) is 0 Å². The number of fused-ring (bicyclic) bond motifs is 1. The van der Waals surface area contributed by atoms with Gasteiger partial charge in [0.25, 0.3) is 0 Å². The Balaban J connectivity index is 1.49. The highest BCUT2D eigenvalue weighted by Crippen LogP contribution is 2.35. The van der Waals surface area contributed by atoms with Gasteiger partial charge in [-0.3, -0.25) is 4.98 Å². The minimum atomic E-state index is 0.760. The van der Waals surface area contributed by atoms with Gasteiger partial charge in [0.1, 0.15) is 0 Å². The number of nitrogens with zero attached hydrogens (tertiary/aromatic N) is 4. The second-order valence-corrected chi connectivity index (χ2v) is 7.48. The average molecular weight is 347 g/mol. The molecular formula is C17H19ClN4S. The third-order valence-electron chi connectivity index (χ3n) is 4.37. The van der Waals surface area contributed by atoms with Gasteiger partial charge in [0.05, 0.1) is 32.1 Å². The zero-order chi connectivity index (χ0) is 15.6. The summed E-state index contributed by atoms with van der Waals surface area (Å²) in [4.78, 5) is 12.6. The van der Waals surface area contributed by atoms with Crippen LogP contribution in [0.3, 0.4) is 0 Å². The lowest BCUT2D eigenvalue weighted by Gasteiger charge is -2.26. The van der Waals surface area contributed by atoms with Gasteiger partial charge in [0, 0.05) is 25.5 Å². The molecule has 0 spiro atoms. The molecule has 23 heavy (non-hydrogen) atoms. The van der Waals surface area contributed by atoms with Crippen LogP contribution in [0.1, 0.15) is 19.3 Å². The molecule has 120 valence electrons. The fraction of sp³-hybridized carbons (Fsp3) is 0.412. The Morgan fingerprint density at radius 2 is 2.00 bits per heavy atom. The Kier molecular flexibility index (Phi) is 4.33. The second-order valence-electron chi connectivity index (χ2n) is 6.02. The summed E-state index contributed by atoms with van der Waals surface area (Å²) in [6.07, 6.45) is 9.86. The number of piperidine rings is 1. The molecule has 1 aliphatic heterocycles. The molecule has 1 aliphatic rings. The van der Waals surface area contributed by atoms with Crippen LogP contribution in [-0.2, 0) is 6.54 Å². The van der Waals surface area contributed by atoms with Crippen molar-refractivity contribution in [1.29, 1.82) is 0 Å². The molecule has 3 aromatic heterocycles. The van der Waals surface area contributed by atoms with Crippen LogP contribution in [0.15, 0.2) is 30.9 Å². The highest BCUT2D eigenvalue weighted by atomic mass is 35.5. The molecule has 4 rings (SSSR count). The summed E-state index contributed by atoms with van der Waals surface area (Å²) >= 11 is 7.89.